The maximum absolute atomic E-state index is 9.01. The molecule has 0 radical (unpaired) electrons. The van der Waals surface area contributed by atoms with Crippen LogP contribution in [0.1, 0.15) is 31.5 Å². The number of hydrogen-bond acceptors (Lipinski definition) is 3. The number of aromatic nitrogens is 2. The van der Waals surface area contributed by atoms with Gasteiger partial charge in [0.1, 0.15) is 5.15 Å². The van der Waals surface area contributed by atoms with Gasteiger partial charge in [-0.2, -0.15) is 5.10 Å². The molecule has 0 aliphatic rings. The fraction of sp³-hybridized carbons (Fsp3) is 0.750. The number of nitrogens with one attached hydrogen (secondary N) is 1. The topological polar surface area (TPSA) is 50.1 Å². The fourth-order valence-electron chi connectivity index (χ4n) is 1.92. The standard InChI is InChI=1S/C12H22ClN3O/c1-8(2)11(5-6-17)14-7-10-9(3)15-16(4)12(10)13/h8,11,14,17H,5-7H2,1-4H3. The molecule has 98 valence electrons. The molecule has 1 heterocycles. The highest BCUT2D eigenvalue weighted by atomic mass is 35.5. The highest BCUT2D eigenvalue weighted by Gasteiger charge is 2.15. The third-order valence-corrected chi connectivity index (χ3v) is 3.53. The van der Waals surface area contributed by atoms with Gasteiger partial charge in [-0.3, -0.25) is 4.68 Å². The van der Waals surface area contributed by atoms with Crippen LogP contribution in [-0.2, 0) is 13.6 Å². The predicted octanol–water partition coefficient (Wildman–Crippen LogP) is 1.88. The van der Waals surface area contributed by atoms with Crippen molar-refractivity contribution in [2.75, 3.05) is 6.61 Å². The number of halogens is 1. The summed E-state index contributed by atoms with van der Waals surface area (Å²) in [5.74, 6) is 0.484. The van der Waals surface area contributed by atoms with E-state index in [1.165, 1.54) is 0 Å². The Labute approximate surface area is 108 Å². The second-order valence-corrected chi connectivity index (χ2v) is 5.08. The first-order chi connectivity index (χ1) is 7.97. The molecule has 0 aliphatic heterocycles. The zero-order valence-electron chi connectivity index (χ0n) is 11.0. The molecule has 0 saturated heterocycles. The van der Waals surface area contributed by atoms with Crippen LogP contribution in [0, 0.1) is 12.8 Å². The van der Waals surface area contributed by atoms with Gasteiger partial charge in [0.2, 0.25) is 0 Å². The molecule has 2 N–H and O–H groups in total. The summed E-state index contributed by atoms with van der Waals surface area (Å²) in [5.41, 5.74) is 1.99. The predicted molar refractivity (Wildman–Crippen MR) is 70.1 cm³/mol. The van der Waals surface area contributed by atoms with Crippen molar-refractivity contribution in [3.63, 3.8) is 0 Å². The largest absolute Gasteiger partial charge is 0.396 e. The van der Waals surface area contributed by atoms with Crippen LogP contribution in [0.2, 0.25) is 5.15 Å². The van der Waals surface area contributed by atoms with E-state index in [1.54, 1.807) is 4.68 Å². The van der Waals surface area contributed by atoms with Gasteiger partial charge in [-0.05, 0) is 19.3 Å². The Hall–Kier alpha value is -0.580. The van der Waals surface area contributed by atoms with Crippen molar-refractivity contribution >= 4 is 11.6 Å². The second-order valence-electron chi connectivity index (χ2n) is 4.72. The molecule has 0 aromatic carbocycles. The van der Waals surface area contributed by atoms with Crippen molar-refractivity contribution in [2.24, 2.45) is 13.0 Å². The monoisotopic (exact) mass is 259 g/mol. The summed E-state index contributed by atoms with van der Waals surface area (Å²) in [7, 11) is 1.84. The molecule has 1 aromatic rings. The minimum Gasteiger partial charge on any atom is -0.396 e. The summed E-state index contributed by atoms with van der Waals surface area (Å²) in [6.07, 6.45) is 0.759. The van der Waals surface area contributed by atoms with Gasteiger partial charge in [-0.15, -0.1) is 0 Å². The molecule has 0 aliphatic carbocycles. The van der Waals surface area contributed by atoms with Crippen molar-refractivity contribution in [3.05, 3.63) is 16.4 Å². The van der Waals surface area contributed by atoms with Crippen LogP contribution in [0.25, 0.3) is 0 Å². The molecule has 0 bridgehead atoms. The summed E-state index contributed by atoms with van der Waals surface area (Å²) in [4.78, 5) is 0. The lowest BCUT2D eigenvalue weighted by molar-refractivity contribution is 0.244. The van der Waals surface area contributed by atoms with Crippen LogP contribution < -0.4 is 5.32 Å². The van der Waals surface area contributed by atoms with E-state index in [4.69, 9.17) is 16.7 Å². The minimum atomic E-state index is 0.204. The maximum atomic E-state index is 9.01. The number of nitrogens with zero attached hydrogens (tertiary/aromatic N) is 2. The van der Waals surface area contributed by atoms with E-state index in [0.29, 0.717) is 23.7 Å². The van der Waals surface area contributed by atoms with E-state index in [1.807, 2.05) is 14.0 Å². The van der Waals surface area contributed by atoms with Gasteiger partial charge in [0, 0.05) is 31.8 Å². The Morgan fingerprint density at radius 1 is 1.47 bits per heavy atom. The molecular formula is C12H22ClN3O. The lowest BCUT2D eigenvalue weighted by Crippen LogP contribution is -2.34. The Morgan fingerprint density at radius 2 is 2.12 bits per heavy atom. The van der Waals surface area contributed by atoms with Gasteiger partial charge in [0.25, 0.3) is 0 Å². The highest BCUT2D eigenvalue weighted by molar-refractivity contribution is 6.30. The molecule has 0 fully saturated rings. The third kappa shape index (κ3) is 3.69. The van der Waals surface area contributed by atoms with Crippen LogP contribution >= 0.6 is 11.6 Å². The van der Waals surface area contributed by atoms with Gasteiger partial charge in [-0.1, -0.05) is 25.4 Å². The van der Waals surface area contributed by atoms with Gasteiger partial charge in [-0.25, -0.2) is 0 Å². The summed E-state index contributed by atoms with van der Waals surface area (Å²) in [5, 5.41) is 17.4. The first-order valence-electron chi connectivity index (χ1n) is 5.99. The molecule has 4 nitrogen and oxygen atoms in total. The summed E-state index contributed by atoms with van der Waals surface area (Å²) >= 11 is 6.17. The van der Waals surface area contributed by atoms with Crippen molar-refractivity contribution in [1.82, 2.24) is 15.1 Å². The molecule has 1 unspecified atom stereocenters. The molecular weight excluding hydrogens is 238 g/mol. The van der Waals surface area contributed by atoms with Crippen LogP contribution in [-0.4, -0.2) is 27.5 Å². The van der Waals surface area contributed by atoms with E-state index >= 15 is 0 Å². The molecule has 1 aromatic heterocycles. The SMILES string of the molecule is Cc1nn(C)c(Cl)c1CNC(CCO)C(C)C. The molecule has 0 saturated carbocycles. The van der Waals surface area contributed by atoms with Crippen LogP contribution in [0.4, 0.5) is 0 Å². The van der Waals surface area contributed by atoms with E-state index in [0.717, 1.165) is 17.7 Å². The van der Waals surface area contributed by atoms with Gasteiger partial charge < -0.3 is 10.4 Å². The Morgan fingerprint density at radius 3 is 2.53 bits per heavy atom. The maximum Gasteiger partial charge on any atom is 0.131 e. The fourth-order valence-corrected chi connectivity index (χ4v) is 2.16. The number of rotatable bonds is 6. The number of aliphatic hydroxyl groups is 1. The van der Waals surface area contributed by atoms with Gasteiger partial charge in [0.15, 0.2) is 0 Å². The van der Waals surface area contributed by atoms with E-state index in [-0.39, 0.29) is 6.61 Å². The Balaban J connectivity index is 2.65. The van der Waals surface area contributed by atoms with Crippen molar-refractivity contribution in [1.29, 1.82) is 0 Å². The Bertz CT molecular complexity index is 363. The molecule has 0 spiro atoms. The average Bonchev–Trinajstić information content (AvgIpc) is 2.49. The zero-order valence-corrected chi connectivity index (χ0v) is 11.8. The van der Waals surface area contributed by atoms with Gasteiger partial charge in [0.05, 0.1) is 5.69 Å². The van der Waals surface area contributed by atoms with Crippen molar-refractivity contribution in [3.8, 4) is 0 Å². The number of hydrogen-bond donors (Lipinski definition) is 2. The molecule has 1 rings (SSSR count). The molecule has 17 heavy (non-hydrogen) atoms. The molecule has 1 atom stereocenters. The lowest BCUT2D eigenvalue weighted by atomic mass is 10.0. The highest BCUT2D eigenvalue weighted by Crippen LogP contribution is 2.19. The quantitative estimate of drug-likeness (QED) is 0.820. The van der Waals surface area contributed by atoms with Gasteiger partial charge >= 0.3 is 0 Å². The average molecular weight is 260 g/mol. The van der Waals surface area contributed by atoms with E-state index < -0.39 is 0 Å². The second kappa shape index (κ2) is 6.38. The molecule has 0 amide bonds. The minimum absolute atomic E-state index is 0.204. The summed E-state index contributed by atoms with van der Waals surface area (Å²) in [6, 6.07) is 0.302. The first-order valence-corrected chi connectivity index (χ1v) is 6.37. The van der Waals surface area contributed by atoms with Crippen molar-refractivity contribution < 1.29 is 5.11 Å². The molecule has 5 heteroatoms. The lowest BCUT2D eigenvalue weighted by Gasteiger charge is -2.21. The Kier molecular flexibility index (Phi) is 5.43. The summed E-state index contributed by atoms with van der Waals surface area (Å²) < 4.78 is 1.68. The first kappa shape index (κ1) is 14.5. The van der Waals surface area contributed by atoms with Crippen LogP contribution in [0.3, 0.4) is 0 Å². The van der Waals surface area contributed by atoms with E-state index in [9.17, 15) is 0 Å². The van der Waals surface area contributed by atoms with Crippen LogP contribution in [0.15, 0.2) is 0 Å². The summed E-state index contributed by atoms with van der Waals surface area (Å²) in [6.45, 7) is 7.15. The number of aryl methyl sites for hydroxylation is 2. The third-order valence-electron chi connectivity index (χ3n) is 3.06. The smallest absolute Gasteiger partial charge is 0.131 e. The van der Waals surface area contributed by atoms with E-state index in [2.05, 4.69) is 24.3 Å². The zero-order chi connectivity index (χ0) is 13.0. The normalized spacial score (nSPS) is 13.4. The van der Waals surface area contributed by atoms with Crippen LogP contribution in [0.5, 0.6) is 0 Å². The van der Waals surface area contributed by atoms with Crippen molar-refractivity contribution in [2.45, 2.75) is 39.8 Å². The number of aliphatic hydroxyl groups excluding tert-OH is 1.